The molecule has 0 spiro atoms. The van der Waals surface area contributed by atoms with E-state index in [4.69, 9.17) is 11.6 Å². The van der Waals surface area contributed by atoms with Crippen molar-refractivity contribution in [2.24, 2.45) is 0 Å². The van der Waals surface area contributed by atoms with Crippen LogP contribution in [-0.4, -0.2) is 4.98 Å². The quantitative estimate of drug-likeness (QED) is 0.722. The Bertz CT molecular complexity index is 500. The number of nitrogens with zero attached hydrogens (tertiary/aromatic N) is 1. The van der Waals surface area contributed by atoms with Crippen LogP contribution in [0.15, 0.2) is 36.5 Å². The molecule has 0 aliphatic heterocycles. The average Bonchev–Trinajstić information content (AvgIpc) is 2.17. The standard InChI is InChI=1S/C11H6ClF2N/c12-8-3-1-2-7(4-8)11-10(14)5-9(13)6-15-11/h1-6H. The van der Waals surface area contributed by atoms with Crippen molar-refractivity contribution in [1.82, 2.24) is 4.98 Å². The van der Waals surface area contributed by atoms with E-state index in [-0.39, 0.29) is 5.69 Å². The van der Waals surface area contributed by atoms with Gasteiger partial charge in [-0.05, 0) is 12.1 Å². The van der Waals surface area contributed by atoms with Gasteiger partial charge in [0.2, 0.25) is 0 Å². The Balaban J connectivity index is 2.54. The van der Waals surface area contributed by atoms with Gasteiger partial charge >= 0.3 is 0 Å². The van der Waals surface area contributed by atoms with E-state index >= 15 is 0 Å². The highest BCUT2D eigenvalue weighted by Crippen LogP contribution is 2.23. The van der Waals surface area contributed by atoms with Crippen LogP contribution in [0, 0.1) is 11.6 Å². The molecule has 0 aliphatic rings. The zero-order valence-corrected chi connectivity index (χ0v) is 8.30. The Hall–Kier alpha value is -1.48. The highest BCUT2D eigenvalue weighted by molar-refractivity contribution is 6.30. The predicted octanol–water partition coefficient (Wildman–Crippen LogP) is 3.68. The molecule has 0 radical (unpaired) electrons. The van der Waals surface area contributed by atoms with Crippen LogP contribution in [-0.2, 0) is 0 Å². The average molecular weight is 226 g/mol. The van der Waals surface area contributed by atoms with E-state index in [9.17, 15) is 8.78 Å². The van der Waals surface area contributed by atoms with Gasteiger partial charge in [-0.15, -0.1) is 0 Å². The molecule has 15 heavy (non-hydrogen) atoms. The minimum atomic E-state index is -0.697. The normalized spacial score (nSPS) is 10.3. The molecule has 1 heterocycles. The summed E-state index contributed by atoms with van der Waals surface area (Å²) in [6, 6.07) is 7.39. The van der Waals surface area contributed by atoms with Crippen molar-refractivity contribution >= 4 is 11.6 Å². The molecule has 0 amide bonds. The van der Waals surface area contributed by atoms with Crippen LogP contribution < -0.4 is 0 Å². The Morgan fingerprint density at radius 3 is 2.60 bits per heavy atom. The monoisotopic (exact) mass is 225 g/mol. The van der Waals surface area contributed by atoms with E-state index in [1.54, 1.807) is 24.3 Å². The summed E-state index contributed by atoms with van der Waals surface area (Å²) in [5.41, 5.74) is 0.624. The van der Waals surface area contributed by atoms with Gasteiger partial charge in [-0.3, -0.25) is 4.98 Å². The van der Waals surface area contributed by atoms with E-state index in [0.29, 0.717) is 10.6 Å². The number of hydrogen-bond donors (Lipinski definition) is 0. The lowest BCUT2D eigenvalue weighted by atomic mass is 10.1. The summed E-state index contributed by atoms with van der Waals surface area (Å²) < 4.78 is 25.9. The number of pyridine rings is 1. The molecule has 0 N–H and O–H groups in total. The van der Waals surface area contributed by atoms with Crippen LogP contribution in [0.4, 0.5) is 8.78 Å². The highest BCUT2D eigenvalue weighted by Gasteiger charge is 2.07. The first-order chi connectivity index (χ1) is 7.16. The molecule has 4 heteroatoms. The molecule has 0 unspecified atom stereocenters. The van der Waals surface area contributed by atoms with Gasteiger partial charge in [0.1, 0.15) is 11.5 Å². The predicted molar refractivity (Wildman–Crippen MR) is 54.6 cm³/mol. The molecule has 76 valence electrons. The van der Waals surface area contributed by atoms with Crippen LogP contribution >= 0.6 is 11.6 Å². The Kier molecular flexibility index (Phi) is 2.64. The smallest absolute Gasteiger partial charge is 0.152 e. The molecular formula is C11H6ClF2N. The van der Waals surface area contributed by atoms with Crippen LogP contribution in [0.1, 0.15) is 0 Å². The molecular weight excluding hydrogens is 220 g/mol. The lowest BCUT2D eigenvalue weighted by Gasteiger charge is -2.02. The van der Waals surface area contributed by atoms with Crippen molar-refractivity contribution < 1.29 is 8.78 Å². The molecule has 1 aromatic carbocycles. The van der Waals surface area contributed by atoms with E-state index in [0.717, 1.165) is 12.3 Å². The van der Waals surface area contributed by atoms with E-state index in [1.165, 1.54) is 0 Å². The van der Waals surface area contributed by atoms with E-state index in [1.807, 2.05) is 0 Å². The van der Waals surface area contributed by atoms with Crippen molar-refractivity contribution in [2.75, 3.05) is 0 Å². The van der Waals surface area contributed by atoms with Crippen molar-refractivity contribution in [3.05, 3.63) is 53.2 Å². The number of benzene rings is 1. The van der Waals surface area contributed by atoms with Gasteiger partial charge < -0.3 is 0 Å². The molecule has 0 fully saturated rings. The summed E-state index contributed by atoms with van der Waals surface area (Å²) in [6.07, 6.45) is 0.972. The van der Waals surface area contributed by atoms with Crippen molar-refractivity contribution in [2.45, 2.75) is 0 Å². The minimum absolute atomic E-state index is 0.0962. The van der Waals surface area contributed by atoms with Gasteiger partial charge in [-0.1, -0.05) is 23.7 Å². The van der Waals surface area contributed by atoms with E-state index in [2.05, 4.69) is 4.98 Å². The van der Waals surface area contributed by atoms with Gasteiger partial charge in [0, 0.05) is 16.7 Å². The molecule has 0 atom stereocenters. The molecule has 0 aliphatic carbocycles. The van der Waals surface area contributed by atoms with Crippen LogP contribution in [0.5, 0.6) is 0 Å². The fraction of sp³-hybridized carbons (Fsp3) is 0. The Labute approximate surface area is 90.3 Å². The topological polar surface area (TPSA) is 12.9 Å². The molecule has 2 aromatic rings. The maximum Gasteiger partial charge on any atom is 0.152 e. The van der Waals surface area contributed by atoms with Crippen LogP contribution in [0.3, 0.4) is 0 Å². The maximum absolute atomic E-state index is 13.3. The van der Waals surface area contributed by atoms with Gasteiger partial charge in [-0.25, -0.2) is 8.78 Å². The second kappa shape index (κ2) is 3.95. The maximum atomic E-state index is 13.3. The third-order valence-corrected chi connectivity index (χ3v) is 2.14. The number of aromatic nitrogens is 1. The summed E-state index contributed by atoms with van der Waals surface area (Å²) in [4.78, 5) is 3.68. The van der Waals surface area contributed by atoms with Crippen molar-refractivity contribution in [1.29, 1.82) is 0 Å². The highest BCUT2D eigenvalue weighted by atomic mass is 35.5. The van der Waals surface area contributed by atoms with Gasteiger partial charge in [-0.2, -0.15) is 0 Å². The van der Waals surface area contributed by atoms with Gasteiger partial charge in [0.05, 0.1) is 6.20 Å². The molecule has 2 rings (SSSR count). The third-order valence-electron chi connectivity index (χ3n) is 1.91. The van der Waals surface area contributed by atoms with Crippen LogP contribution in [0.2, 0.25) is 5.02 Å². The fourth-order valence-electron chi connectivity index (χ4n) is 1.26. The first kappa shape index (κ1) is 10.1. The van der Waals surface area contributed by atoms with Gasteiger partial charge in [0.15, 0.2) is 5.82 Å². The summed E-state index contributed by atoms with van der Waals surface area (Å²) in [5, 5.41) is 0.484. The first-order valence-corrected chi connectivity index (χ1v) is 4.61. The molecule has 1 aromatic heterocycles. The fourth-order valence-corrected chi connectivity index (χ4v) is 1.45. The third kappa shape index (κ3) is 2.13. The Morgan fingerprint density at radius 1 is 1.13 bits per heavy atom. The zero-order chi connectivity index (χ0) is 10.8. The largest absolute Gasteiger partial charge is 0.250 e. The number of rotatable bonds is 1. The second-order valence-electron chi connectivity index (χ2n) is 2.99. The van der Waals surface area contributed by atoms with Crippen molar-refractivity contribution in [3.63, 3.8) is 0 Å². The summed E-state index contributed by atoms with van der Waals surface area (Å²) >= 11 is 5.75. The summed E-state index contributed by atoms with van der Waals surface area (Å²) in [7, 11) is 0. The Morgan fingerprint density at radius 2 is 1.93 bits per heavy atom. The number of hydrogen-bond acceptors (Lipinski definition) is 1. The summed E-state index contributed by atoms with van der Waals surface area (Å²) in [6.45, 7) is 0. The zero-order valence-electron chi connectivity index (χ0n) is 7.55. The van der Waals surface area contributed by atoms with Crippen LogP contribution in [0.25, 0.3) is 11.3 Å². The number of halogens is 3. The second-order valence-corrected chi connectivity index (χ2v) is 3.43. The SMILES string of the molecule is Fc1cnc(-c2cccc(Cl)c2)c(F)c1. The van der Waals surface area contributed by atoms with Gasteiger partial charge in [0.25, 0.3) is 0 Å². The lowest BCUT2D eigenvalue weighted by molar-refractivity contribution is 0.576. The molecule has 0 bridgehead atoms. The van der Waals surface area contributed by atoms with E-state index < -0.39 is 11.6 Å². The molecule has 1 nitrogen and oxygen atoms in total. The van der Waals surface area contributed by atoms with Crippen molar-refractivity contribution in [3.8, 4) is 11.3 Å². The molecule has 0 saturated carbocycles. The first-order valence-electron chi connectivity index (χ1n) is 4.24. The minimum Gasteiger partial charge on any atom is -0.250 e. The summed E-state index contributed by atoms with van der Waals surface area (Å²) in [5.74, 6) is -1.39. The molecule has 0 saturated heterocycles. The lowest BCUT2D eigenvalue weighted by Crippen LogP contribution is -1.90.